The van der Waals surface area contributed by atoms with Gasteiger partial charge in [-0.05, 0) is 59.7 Å². The Kier molecular flexibility index (Phi) is 8.48. The Balaban J connectivity index is 1.50. The molecule has 0 radical (unpaired) electrons. The van der Waals surface area contributed by atoms with Gasteiger partial charge in [0.1, 0.15) is 24.7 Å². The zero-order valence-corrected chi connectivity index (χ0v) is 21.8. The van der Waals surface area contributed by atoms with Gasteiger partial charge < -0.3 is 19.9 Å². The van der Waals surface area contributed by atoms with Gasteiger partial charge in [-0.3, -0.25) is 4.79 Å². The molecule has 1 aliphatic rings. The van der Waals surface area contributed by atoms with Crippen LogP contribution in [0.25, 0.3) is 0 Å². The summed E-state index contributed by atoms with van der Waals surface area (Å²) in [6.45, 7) is 5.06. The highest BCUT2D eigenvalue weighted by Gasteiger charge is 2.33. The molecule has 0 spiro atoms. The van der Waals surface area contributed by atoms with Crippen LogP contribution in [0.5, 0.6) is 5.75 Å². The van der Waals surface area contributed by atoms with E-state index in [9.17, 15) is 14.0 Å². The number of urea groups is 1. The lowest BCUT2D eigenvalue weighted by atomic mass is 10.0. The average Bonchev–Trinajstić information content (AvgIpc) is 3.31. The number of hydrogen-bond donors (Lipinski definition) is 1. The minimum Gasteiger partial charge on any atom is -0.491 e. The van der Waals surface area contributed by atoms with Crippen LogP contribution >= 0.6 is 22.9 Å². The van der Waals surface area contributed by atoms with E-state index in [0.29, 0.717) is 29.5 Å². The maximum Gasteiger partial charge on any atom is 0.322 e. The third-order valence-corrected chi connectivity index (χ3v) is 7.13. The zero-order chi connectivity index (χ0) is 25.7. The minimum absolute atomic E-state index is 0.0689. The summed E-state index contributed by atoms with van der Waals surface area (Å²) >= 11 is 7.71. The number of anilines is 1. The standard InChI is InChI=1S/C27H29ClFN3O3S/c1-18(2)15-31(27(34)30-21-7-3-5-19(28)13-21)16-26(33)32-11-9-25-23(10-12-36-25)24(32)17-35-22-8-4-6-20(29)14-22/h3-8,10,12-14,18,24H,9,11,15-17H2,1-2H3,(H,30,34). The predicted octanol–water partition coefficient (Wildman–Crippen LogP) is 6.24. The molecule has 3 aromatic rings. The zero-order valence-electron chi connectivity index (χ0n) is 20.2. The molecular formula is C27H29ClFN3O3S. The van der Waals surface area contributed by atoms with Gasteiger partial charge in [-0.25, -0.2) is 9.18 Å². The molecule has 0 fully saturated rings. The topological polar surface area (TPSA) is 61.9 Å². The van der Waals surface area contributed by atoms with Crippen molar-refractivity contribution in [2.75, 3.05) is 31.6 Å². The monoisotopic (exact) mass is 529 g/mol. The third kappa shape index (κ3) is 6.56. The van der Waals surface area contributed by atoms with Gasteiger partial charge in [0.15, 0.2) is 0 Å². The number of thiophene rings is 1. The van der Waals surface area contributed by atoms with E-state index in [0.717, 1.165) is 12.0 Å². The first kappa shape index (κ1) is 26.0. The smallest absolute Gasteiger partial charge is 0.322 e. The second kappa shape index (κ2) is 11.8. The molecule has 0 saturated heterocycles. The number of carbonyl (C=O) groups is 2. The lowest BCUT2D eigenvalue weighted by Crippen LogP contribution is -2.49. The van der Waals surface area contributed by atoms with Gasteiger partial charge in [-0.1, -0.05) is 37.6 Å². The molecule has 2 heterocycles. The number of fused-ring (bicyclic) bond motifs is 1. The first-order chi connectivity index (χ1) is 17.3. The highest BCUT2D eigenvalue weighted by atomic mass is 35.5. The number of ether oxygens (including phenoxy) is 1. The van der Waals surface area contributed by atoms with Crippen molar-refractivity contribution in [2.24, 2.45) is 5.92 Å². The van der Waals surface area contributed by atoms with Gasteiger partial charge in [0.2, 0.25) is 5.91 Å². The molecule has 3 amide bonds. The summed E-state index contributed by atoms with van der Waals surface area (Å²) in [5.74, 6) is 0.0314. The highest BCUT2D eigenvalue weighted by molar-refractivity contribution is 7.10. The van der Waals surface area contributed by atoms with Gasteiger partial charge in [0, 0.05) is 34.7 Å². The number of benzene rings is 2. The highest BCUT2D eigenvalue weighted by Crippen LogP contribution is 2.34. The largest absolute Gasteiger partial charge is 0.491 e. The molecule has 1 unspecified atom stereocenters. The summed E-state index contributed by atoms with van der Waals surface area (Å²) < 4.78 is 19.5. The van der Waals surface area contributed by atoms with Crippen LogP contribution in [0.3, 0.4) is 0 Å². The fourth-order valence-corrected chi connectivity index (χ4v) is 5.41. The molecule has 1 aliphatic heterocycles. The van der Waals surface area contributed by atoms with E-state index in [4.69, 9.17) is 16.3 Å². The Morgan fingerprint density at radius 1 is 1.22 bits per heavy atom. The van der Waals surface area contributed by atoms with E-state index < -0.39 is 0 Å². The molecule has 36 heavy (non-hydrogen) atoms. The number of rotatable bonds is 8. The van der Waals surface area contributed by atoms with Crippen molar-refractivity contribution in [3.05, 3.63) is 81.3 Å². The molecule has 6 nitrogen and oxygen atoms in total. The Labute approximate surface area is 219 Å². The maximum atomic E-state index is 13.6. The molecule has 4 rings (SSSR count). The number of nitrogens with zero attached hydrogens (tertiary/aromatic N) is 2. The van der Waals surface area contributed by atoms with Crippen LogP contribution in [0.2, 0.25) is 5.02 Å². The van der Waals surface area contributed by atoms with Crippen molar-refractivity contribution in [2.45, 2.75) is 26.3 Å². The van der Waals surface area contributed by atoms with Gasteiger partial charge in [-0.15, -0.1) is 11.3 Å². The lowest BCUT2D eigenvalue weighted by molar-refractivity contribution is -0.135. The third-order valence-electron chi connectivity index (χ3n) is 5.89. The van der Waals surface area contributed by atoms with E-state index in [1.165, 1.54) is 21.9 Å². The Bertz CT molecular complexity index is 1220. The SMILES string of the molecule is CC(C)CN(CC(=O)N1CCc2sccc2C1COc1cccc(F)c1)C(=O)Nc1cccc(Cl)c1. The van der Waals surface area contributed by atoms with Crippen LogP contribution in [0.1, 0.15) is 30.3 Å². The second-order valence-electron chi connectivity index (χ2n) is 9.14. The summed E-state index contributed by atoms with van der Waals surface area (Å²) in [4.78, 5) is 31.2. The summed E-state index contributed by atoms with van der Waals surface area (Å²) in [5, 5.41) is 5.37. The quantitative estimate of drug-likeness (QED) is 0.376. The van der Waals surface area contributed by atoms with Gasteiger partial charge >= 0.3 is 6.03 Å². The first-order valence-electron chi connectivity index (χ1n) is 11.9. The molecule has 0 aliphatic carbocycles. The molecule has 190 valence electrons. The number of nitrogens with one attached hydrogen (secondary N) is 1. The molecule has 0 bridgehead atoms. The van der Waals surface area contributed by atoms with Crippen molar-refractivity contribution in [3.8, 4) is 5.75 Å². The maximum absolute atomic E-state index is 13.6. The summed E-state index contributed by atoms with van der Waals surface area (Å²) in [7, 11) is 0. The minimum atomic E-state index is -0.379. The van der Waals surface area contributed by atoms with Crippen LogP contribution in [-0.2, 0) is 11.2 Å². The van der Waals surface area contributed by atoms with Crippen LogP contribution < -0.4 is 10.1 Å². The Morgan fingerprint density at radius 3 is 2.78 bits per heavy atom. The van der Waals surface area contributed by atoms with E-state index >= 15 is 0 Å². The second-order valence-corrected chi connectivity index (χ2v) is 10.6. The van der Waals surface area contributed by atoms with Gasteiger partial charge in [0.25, 0.3) is 0 Å². The Morgan fingerprint density at radius 2 is 2.03 bits per heavy atom. The Hall–Kier alpha value is -3.10. The molecule has 1 aromatic heterocycles. The van der Waals surface area contributed by atoms with Gasteiger partial charge in [-0.2, -0.15) is 0 Å². The van der Waals surface area contributed by atoms with Crippen molar-refractivity contribution < 1.29 is 18.7 Å². The number of halogens is 2. The first-order valence-corrected chi connectivity index (χ1v) is 13.1. The van der Waals surface area contributed by atoms with Crippen LogP contribution in [-0.4, -0.2) is 48.0 Å². The van der Waals surface area contributed by atoms with Crippen LogP contribution in [0.15, 0.2) is 60.0 Å². The van der Waals surface area contributed by atoms with Crippen molar-refractivity contribution in [1.82, 2.24) is 9.80 Å². The number of hydrogen-bond acceptors (Lipinski definition) is 4. The van der Waals surface area contributed by atoms with E-state index in [1.54, 1.807) is 52.6 Å². The van der Waals surface area contributed by atoms with Crippen LogP contribution in [0, 0.1) is 11.7 Å². The lowest BCUT2D eigenvalue weighted by Gasteiger charge is -2.37. The molecule has 2 aromatic carbocycles. The molecule has 1 N–H and O–H groups in total. The summed E-state index contributed by atoms with van der Waals surface area (Å²) in [6.07, 6.45) is 0.744. The molecule has 1 atom stereocenters. The van der Waals surface area contributed by atoms with Crippen molar-refractivity contribution >= 4 is 40.6 Å². The molecule has 0 saturated carbocycles. The summed E-state index contributed by atoms with van der Waals surface area (Å²) in [5.41, 5.74) is 1.60. The normalized spacial score (nSPS) is 14.9. The fourth-order valence-electron chi connectivity index (χ4n) is 4.29. The van der Waals surface area contributed by atoms with E-state index in [1.807, 2.05) is 25.3 Å². The molecular weight excluding hydrogens is 501 g/mol. The van der Waals surface area contributed by atoms with E-state index in [2.05, 4.69) is 5.32 Å². The van der Waals surface area contributed by atoms with Gasteiger partial charge in [0.05, 0.1) is 6.04 Å². The molecule has 9 heteroatoms. The summed E-state index contributed by atoms with van der Waals surface area (Å²) in [6, 6.07) is 14.2. The fraction of sp³-hybridized carbons (Fsp3) is 0.333. The van der Waals surface area contributed by atoms with E-state index in [-0.39, 0.29) is 42.9 Å². The number of amides is 3. The average molecular weight is 530 g/mol. The number of carbonyl (C=O) groups excluding carboxylic acids is 2. The predicted molar refractivity (Wildman–Crippen MR) is 141 cm³/mol. The van der Waals surface area contributed by atoms with Crippen molar-refractivity contribution in [1.29, 1.82) is 0 Å². The van der Waals surface area contributed by atoms with Crippen LogP contribution in [0.4, 0.5) is 14.9 Å². The van der Waals surface area contributed by atoms with Crippen molar-refractivity contribution in [3.63, 3.8) is 0 Å².